The summed E-state index contributed by atoms with van der Waals surface area (Å²) in [5.41, 5.74) is 5.54. The predicted molar refractivity (Wildman–Crippen MR) is 127 cm³/mol. The maximum Gasteiger partial charge on any atom is 0.344 e. The number of esters is 1. The topological polar surface area (TPSA) is 39.2 Å². The third kappa shape index (κ3) is 4.26. The molecule has 4 heteroatoms. The van der Waals surface area contributed by atoms with E-state index >= 15 is 0 Å². The first-order valence-corrected chi connectivity index (χ1v) is 10.9. The number of benzene rings is 3. The molecule has 0 amide bonds. The zero-order valence-electron chi connectivity index (χ0n) is 18.8. The minimum absolute atomic E-state index is 0.271. The monoisotopic (exact) mass is 427 g/mol. The normalized spacial score (nSPS) is 12.0. The molecule has 0 radical (unpaired) electrons. The number of pyridine rings is 1. The smallest absolute Gasteiger partial charge is 0.344 e. The second-order valence-electron chi connectivity index (χ2n) is 8.28. The molecule has 0 N–H and O–H groups in total. The minimum atomic E-state index is -0.429. The summed E-state index contributed by atoms with van der Waals surface area (Å²) in [6, 6.07) is 19.5. The Hall–Kier alpha value is -3.53. The first-order valence-electron chi connectivity index (χ1n) is 10.9. The highest BCUT2D eigenvalue weighted by Gasteiger charge is 2.20. The van der Waals surface area contributed by atoms with Crippen LogP contribution in [0.15, 0.2) is 66.7 Å². The predicted octanol–water partition coefficient (Wildman–Crippen LogP) is 7.39. The van der Waals surface area contributed by atoms with Gasteiger partial charge in [-0.05, 0) is 79.8 Å². The highest BCUT2D eigenvalue weighted by atomic mass is 19.1. The van der Waals surface area contributed by atoms with E-state index in [0.717, 1.165) is 39.6 Å². The molecule has 0 aliphatic rings. The molecular formula is C28H26FNO2. The Balaban J connectivity index is 1.86. The second-order valence-corrected chi connectivity index (χ2v) is 8.28. The molecule has 0 fully saturated rings. The number of ether oxygens (including phenoxy) is 1. The molecule has 0 aliphatic heterocycles. The van der Waals surface area contributed by atoms with Crippen LogP contribution in [0.1, 0.15) is 53.2 Å². The number of nitrogens with zero attached hydrogens (tertiary/aromatic N) is 1. The largest absolute Gasteiger partial charge is 0.423 e. The maximum atomic E-state index is 13.5. The van der Waals surface area contributed by atoms with Crippen molar-refractivity contribution in [2.45, 2.75) is 40.0 Å². The molecule has 0 aliphatic carbocycles. The lowest BCUT2D eigenvalue weighted by Gasteiger charge is -2.16. The number of aromatic nitrogens is 1. The number of carbonyl (C=O) groups is 1. The van der Waals surface area contributed by atoms with E-state index in [-0.39, 0.29) is 11.7 Å². The molecule has 0 saturated heterocycles. The van der Waals surface area contributed by atoms with Gasteiger partial charge in [0.25, 0.3) is 0 Å². The van der Waals surface area contributed by atoms with Gasteiger partial charge in [0.15, 0.2) is 0 Å². The molecule has 4 aromatic rings. The summed E-state index contributed by atoms with van der Waals surface area (Å²) in [4.78, 5) is 18.2. The van der Waals surface area contributed by atoms with E-state index in [4.69, 9.17) is 9.72 Å². The van der Waals surface area contributed by atoms with E-state index in [1.165, 1.54) is 12.1 Å². The first-order chi connectivity index (χ1) is 15.4. The number of hydrogen-bond donors (Lipinski definition) is 0. The van der Waals surface area contributed by atoms with E-state index in [9.17, 15) is 9.18 Å². The van der Waals surface area contributed by atoms with Crippen LogP contribution >= 0.6 is 0 Å². The lowest BCUT2D eigenvalue weighted by Crippen LogP contribution is -2.12. The Morgan fingerprint density at radius 1 is 1.03 bits per heavy atom. The van der Waals surface area contributed by atoms with Gasteiger partial charge in [0.2, 0.25) is 0 Å². The van der Waals surface area contributed by atoms with E-state index < -0.39 is 5.97 Å². The number of fused-ring (bicyclic) bond motifs is 1. The van der Waals surface area contributed by atoms with E-state index in [1.54, 1.807) is 18.2 Å². The lowest BCUT2D eigenvalue weighted by molar-refractivity contribution is 0.0734. The SMILES string of the molecule is CCC(C)c1ccccc1OC(=O)c1cc(-c2ccc(F)cc2)nc2c(C)cc(C)cc12. The van der Waals surface area contributed by atoms with Crippen molar-refractivity contribution in [3.63, 3.8) is 0 Å². The van der Waals surface area contributed by atoms with Crippen molar-refractivity contribution in [2.75, 3.05) is 0 Å². The van der Waals surface area contributed by atoms with Crippen molar-refractivity contribution >= 4 is 16.9 Å². The number of para-hydroxylation sites is 1. The summed E-state index contributed by atoms with van der Waals surface area (Å²) in [7, 11) is 0. The Labute approximate surface area is 187 Å². The van der Waals surface area contributed by atoms with Crippen molar-refractivity contribution in [2.24, 2.45) is 0 Å². The van der Waals surface area contributed by atoms with Crippen LogP contribution in [-0.4, -0.2) is 11.0 Å². The van der Waals surface area contributed by atoms with Crippen molar-refractivity contribution in [1.29, 1.82) is 0 Å². The van der Waals surface area contributed by atoms with Crippen LogP contribution in [0.3, 0.4) is 0 Å². The Morgan fingerprint density at radius 3 is 2.47 bits per heavy atom. The van der Waals surface area contributed by atoms with E-state index in [1.807, 2.05) is 50.2 Å². The summed E-state index contributed by atoms with van der Waals surface area (Å²) >= 11 is 0. The Kier molecular flexibility index (Phi) is 6.04. The molecule has 0 saturated carbocycles. The molecular weight excluding hydrogens is 401 g/mol. The molecule has 1 heterocycles. The van der Waals surface area contributed by atoms with E-state index in [2.05, 4.69) is 13.8 Å². The summed E-state index contributed by atoms with van der Waals surface area (Å²) in [6.07, 6.45) is 0.944. The van der Waals surface area contributed by atoms with Gasteiger partial charge in [-0.2, -0.15) is 0 Å². The molecule has 162 valence electrons. The number of aryl methyl sites for hydroxylation is 2. The summed E-state index contributed by atoms with van der Waals surface area (Å²) in [6.45, 7) is 8.20. The lowest BCUT2D eigenvalue weighted by atomic mass is 9.97. The number of carbonyl (C=O) groups excluding carboxylic acids is 1. The van der Waals surface area contributed by atoms with Gasteiger partial charge in [-0.1, -0.05) is 43.7 Å². The average molecular weight is 428 g/mol. The second kappa shape index (κ2) is 8.91. The zero-order valence-corrected chi connectivity index (χ0v) is 18.8. The summed E-state index contributed by atoms with van der Waals surface area (Å²) < 4.78 is 19.4. The van der Waals surface area contributed by atoms with Gasteiger partial charge < -0.3 is 4.74 Å². The first kappa shape index (κ1) is 21.7. The van der Waals surface area contributed by atoms with Crippen molar-refractivity contribution in [3.8, 4) is 17.0 Å². The molecule has 0 bridgehead atoms. The molecule has 1 aromatic heterocycles. The van der Waals surface area contributed by atoms with Crippen molar-refractivity contribution in [1.82, 2.24) is 4.98 Å². The Morgan fingerprint density at radius 2 is 1.75 bits per heavy atom. The van der Waals surface area contributed by atoms with Gasteiger partial charge in [0.1, 0.15) is 11.6 Å². The minimum Gasteiger partial charge on any atom is -0.423 e. The van der Waals surface area contributed by atoms with Gasteiger partial charge in [-0.25, -0.2) is 14.2 Å². The average Bonchev–Trinajstić information content (AvgIpc) is 2.79. The van der Waals surface area contributed by atoms with Crippen LogP contribution in [0, 0.1) is 19.7 Å². The number of halogens is 1. The van der Waals surface area contributed by atoms with Gasteiger partial charge in [0.05, 0.1) is 16.8 Å². The van der Waals surface area contributed by atoms with Crippen LogP contribution in [0.5, 0.6) is 5.75 Å². The molecule has 4 rings (SSSR count). The van der Waals surface area contributed by atoms with Crippen LogP contribution in [0.25, 0.3) is 22.2 Å². The van der Waals surface area contributed by atoms with Gasteiger partial charge in [-0.15, -0.1) is 0 Å². The van der Waals surface area contributed by atoms with Crippen LogP contribution in [0.2, 0.25) is 0 Å². The van der Waals surface area contributed by atoms with Gasteiger partial charge in [-0.3, -0.25) is 0 Å². The fourth-order valence-corrected chi connectivity index (χ4v) is 3.97. The van der Waals surface area contributed by atoms with Gasteiger partial charge >= 0.3 is 5.97 Å². The van der Waals surface area contributed by atoms with E-state index in [0.29, 0.717) is 17.0 Å². The van der Waals surface area contributed by atoms with Gasteiger partial charge in [0, 0.05) is 10.9 Å². The summed E-state index contributed by atoms with van der Waals surface area (Å²) in [5, 5.41) is 0.749. The summed E-state index contributed by atoms with van der Waals surface area (Å²) in [5.74, 6) is 0.0983. The van der Waals surface area contributed by atoms with Crippen molar-refractivity contribution in [3.05, 3.63) is 94.8 Å². The fourth-order valence-electron chi connectivity index (χ4n) is 3.97. The molecule has 1 unspecified atom stereocenters. The van der Waals surface area contributed by atoms with Crippen LogP contribution < -0.4 is 4.74 Å². The third-order valence-electron chi connectivity index (χ3n) is 5.87. The molecule has 3 aromatic carbocycles. The highest BCUT2D eigenvalue weighted by molar-refractivity contribution is 6.06. The van der Waals surface area contributed by atoms with Crippen molar-refractivity contribution < 1.29 is 13.9 Å². The number of hydrogen-bond acceptors (Lipinski definition) is 3. The Bertz CT molecular complexity index is 1300. The zero-order chi connectivity index (χ0) is 22.8. The van der Waals surface area contributed by atoms with Crippen LogP contribution in [-0.2, 0) is 0 Å². The number of rotatable bonds is 5. The standard InChI is InChI=1S/C28H26FNO2/c1-5-18(3)22-8-6-7-9-26(22)32-28(31)24-16-25(20-10-12-21(29)13-11-20)30-27-19(4)14-17(2)15-23(24)27/h6-16,18H,5H2,1-4H3. The quantitative estimate of drug-likeness (QED) is 0.246. The van der Waals surface area contributed by atoms with Crippen LogP contribution in [0.4, 0.5) is 4.39 Å². The maximum absolute atomic E-state index is 13.5. The fraction of sp³-hybridized carbons (Fsp3) is 0.214. The third-order valence-corrected chi connectivity index (χ3v) is 5.87. The molecule has 1 atom stereocenters. The highest BCUT2D eigenvalue weighted by Crippen LogP contribution is 2.32. The molecule has 32 heavy (non-hydrogen) atoms. The molecule has 3 nitrogen and oxygen atoms in total. The molecule has 0 spiro atoms.